The molecule has 0 aliphatic carbocycles. The first-order chi connectivity index (χ1) is 37.8. The number of aromatic nitrogens is 4. The van der Waals surface area contributed by atoms with Gasteiger partial charge in [-0.25, -0.2) is 4.98 Å². The molecule has 7 aromatic carbocycles. The van der Waals surface area contributed by atoms with E-state index in [2.05, 4.69) is 90.6 Å². The predicted octanol–water partition coefficient (Wildman–Crippen LogP) is 17.2. The van der Waals surface area contributed by atoms with Crippen molar-refractivity contribution in [3.8, 4) is 28.4 Å². The summed E-state index contributed by atoms with van der Waals surface area (Å²) in [4.78, 5) is 12.0. The van der Waals surface area contributed by atoms with Crippen LogP contribution in [-0.4, -0.2) is 19.1 Å². The second-order valence-corrected chi connectivity index (χ2v) is 20.6. The second kappa shape index (κ2) is 17.4. The number of rotatable bonds is 5. The molecular weight excluding hydrogens is 1060 g/mol. The number of anilines is 2. The van der Waals surface area contributed by atoms with E-state index in [-0.39, 0.29) is 32.0 Å². The topological polar surface area (TPSA) is 48.1 Å². The van der Waals surface area contributed by atoms with Gasteiger partial charge >= 0.3 is 0 Å². The van der Waals surface area contributed by atoms with Crippen molar-refractivity contribution < 1.29 is 38.1 Å². The summed E-state index contributed by atoms with van der Waals surface area (Å²) in [5, 5.41) is 6.46. The first-order valence-electron chi connectivity index (χ1n) is 28.4. The molecule has 72 heavy (non-hydrogen) atoms. The number of pyridine rings is 2. The standard InChI is InChI=1S/C65H56N5O.Pt/c1-63(2,3)42-31-33-66-59(37-42)70-56-27-13-12-22-51(56)52-30-29-47(39-58(52)70)71-46-19-14-18-45(38-46)68-40-69-61-48(41-34-43(64(4,5)6)36-44(35-41)65(7,8)9)23-15-25-55(61)60-53(26-17-32-67-60)49-20-10-11-21-50(49)54-24-16-28-57(68)62(54)69;/h10-37,40H,1-9H3;/q-3;/i4D3,5D3,6D3;. The molecule has 0 atom stereocenters. The summed E-state index contributed by atoms with van der Waals surface area (Å²) >= 11 is 0. The number of ether oxygens (including phenoxy) is 1. The quantitative estimate of drug-likeness (QED) is 0.161. The summed E-state index contributed by atoms with van der Waals surface area (Å²) in [5.74, 6) is 1.70. The van der Waals surface area contributed by atoms with Crippen molar-refractivity contribution in [3.63, 3.8) is 0 Å². The van der Waals surface area contributed by atoms with E-state index >= 15 is 0 Å². The first kappa shape index (κ1) is 37.4. The average Bonchev–Trinajstić information content (AvgIpc) is 4.19. The molecule has 0 N–H and O–H groups in total. The van der Waals surface area contributed by atoms with E-state index < -0.39 is 31.4 Å². The van der Waals surface area contributed by atoms with Crippen LogP contribution in [0.5, 0.6) is 11.5 Å². The van der Waals surface area contributed by atoms with Gasteiger partial charge in [0.1, 0.15) is 5.82 Å². The fourth-order valence-corrected chi connectivity index (χ4v) is 10.2. The Morgan fingerprint density at radius 2 is 1.19 bits per heavy atom. The van der Waals surface area contributed by atoms with Crippen molar-refractivity contribution in [1.82, 2.24) is 19.1 Å². The van der Waals surface area contributed by atoms with Crippen LogP contribution in [0, 0.1) is 18.8 Å². The van der Waals surface area contributed by atoms with Crippen molar-refractivity contribution in [2.24, 2.45) is 0 Å². The molecule has 0 saturated carbocycles. The molecular formula is C65H56N5OPt-3. The van der Waals surface area contributed by atoms with Gasteiger partial charge in [-0.05, 0) is 119 Å². The fourth-order valence-electron chi connectivity index (χ4n) is 10.2. The average molecular weight is 1130 g/mol. The van der Waals surface area contributed by atoms with Gasteiger partial charge in [0.15, 0.2) is 0 Å². The van der Waals surface area contributed by atoms with Crippen LogP contribution in [0.25, 0.3) is 82.2 Å². The smallest absolute Gasteiger partial charge is 0.135 e. The van der Waals surface area contributed by atoms with Crippen molar-refractivity contribution in [2.75, 3.05) is 4.90 Å². The monoisotopic (exact) mass is 1130 g/mol. The molecule has 4 aromatic heterocycles. The van der Waals surface area contributed by atoms with E-state index in [1.54, 1.807) is 6.20 Å². The van der Waals surface area contributed by atoms with E-state index in [0.717, 1.165) is 71.3 Å². The zero-order valence-electron chi connectivity index (χ0n) is 49.7. The van der Waals surface area contributed by atoms with Crippen LogP contribution < -0.4 is 9.64 Å². The molecule has 0 fully saturated rings. The molecule has 6 nitrogen and oxygen atoms in total. The Morgan fingerprint density at radius 1 is 0.528 bits per heavy atom. The summed E-state index contributed by atoms with van der Waals surface area (Å²) in [6.07, 6.45) is 3.61. The van der Waals surface area contributed by atoms with Gasteiger partial charge in [0.05, 0.1) is 5.52 Å². The maximum atomic E-state index is 8.78. The predicted molar refractivity (Wildman–Crippen MR) is 296 cm³/mol. The number of benzene rings is 7. The van der Waals surface area contributed by atoms with Crippen LogP contribution in [0.15, 0.2) is 170 Å². The van der Waals surface area contributed by atoms with Gasteiger partial charge in [-0.1, -0.05) is 170 Å². The minimum absolute atomic E-state index is 0. The molecule has 5 heterocycles. The number of hydrogen-bond acceptors (Lipinski definition) is 4. The zero-order valence-corrected chi connectivity index (χ0v) is 43.0. The molecule has 12 rings (SSSR count). The second-order valence-electron chi connectivity index (χ2n) is 20.6. The Labute approximate surface area is 449 Å². The van der Waals surface area contributed by atoms with Crippen LogP contribution in [0.2, 0.25) is 0 Å². The molecule has 0 saturated heterocycles. The van der Waals surface area contributed by atoms with Crippen LogP contribution in [0.4, 0.5) is 11.4 Å². The van der Waals surface area contributed by atoms with Crippen LogP contribution >= 0.6 is 0 Å². The molecule has 0 bridgehead atoms. The molecule has 360 valence electrons. The third kappa shape index (κ3) is 7.97. The van der Waals surface area contributed by atoms with E-state index in [9.17, 15) is 0 Å². The van der Waals surface area contributed by atoms with Crippen molar-refractivity contribution in [1.29, 1.82) is 0 Å². The maximum absolute atomic E-state index is 8.78. The Kier molecular flexibility index (Phi) is 9.05. The van der Waals surface area contributed by atoms with Gasteiger partial charge in [0.2, 0.25) is 0 Å². The van der Waals surface area contributed by atoms with Crippen molar-refractivity contribution >= 4 is 76.7 Å². The summed E-state index contributed by atoms with van der Waals surface area (Å²) in [6, 6.07) is 58.3. The third-order valence-corrected chi connectivity index (χ3v) is 13.8. The molecule has 1 aliphatic rings. The largest absolute Gasteiger partial charge is 0.509 e. The number of fused-ring (bicyclic) bond motifs is 10. The van der Waals surface area contributed by atoms with Crippen molar-refractivity contribution in [3.05, 3.63) is 206 Å². The molecule has 7 heteroatoms. The Balaban J connectivity index is 0.00000690. The molecule has 0 spiro atoms. The fraction of sp³-hybridized carbons (Fsp3) is 0.185. The van der Waals surface area contributed by atoms with E-state index in [0.29, 0.717) is 44.9 Å². The number of nitrogens with zero attached hydrogens (tertiary/aromatic N) is 5. The van der Waals surface area contributed by atoms with Gasteiger partial charge in [0.25, 0.3) is 0 Å². The minimum atomic E-state index is -3.48. The van der Waals surface area contributed by atoms with Gasteiger partial charge in [0, 0.05) is 73.9 Å². The van der Waals surface area contributed by atoms with E-state index in [4.69, 9.17) is 27.0 Å². The summed E-state index contributed by atoms with van der Waals surface area (Å²) in [7, 11) is 0. The van der Waals surface area contributed by atoms with Gasteiger partial charge < -0.3 is 18.8 Å². The SMILES string of the molecule is [2H]C([2H])([2H])C(c1cc(-c2cccc3c4ncccc4c4ccccc4c4cccc5c4n(c23)[CH-]N5c2[c-]c(Oc3[c-]c4c(cc3)c3ccccc3n4-c3cc(C(C)(C)C)ccn3)ccc2)cc(C(C)(C)C)c1)(C([2H])([2H])[2H])C([2H])([2H])[2H].[Pt]. The third-order valence-electron chi connectivity index (χ3n) is 13.8. The molecule has 0 amide bonds. The normalized spacial score (nSPS) is 15.1. The summed E-state index contributed by atoms with van der Waals surface area (Å²) in [6.45, 7) is 3.89. The maximum Gasteiger partial charge on any atom is 0.135 e. The van der Waals surface area contributed by atoms with Gasteiger partial charge in [-0.15, -0.1) is 35.7 Å². The van der Waals surface area contributed by atoms with Crippen molar-refractivity contribution in [2.45, 2.75) is 78.3 Å². The Bertz CT molecular complexity index is 4350. The van der Waals surface area contributed by atoms with Crippen LogP contribution in [0.3, 0.4) is 0 Å². The van der Waals surface area contributed by atoms with Gasteiger partial charge in [-0.3, -0.25) is 4.98 Å². The molecule has 0 radical (unpaired) electrons. The first-order valence-corrected chi connectivity index (χ1v) is 23.9. The van der Waals surface area contributed by atoms with Crippen LogP contribution in [-0.2, 0) is 37.3 Å². The number of hydrogen-bond donors (Lipinski definition) is 0. The molecule has 0 unspecified atom stereocenters. The van der Waals surface area contributed by atoms with Gasteiger partial charge in [-0.2, -0.15) is 12.1 Å². The summed E-state index contributed by atoms with van der Waals surface area (Å²) < 4.78 is 90.0. The zero-order chi connectivity index (χ0) is 56.5. The van der Waals surface area contributed by atoms with E-state index in [1.807, 2.05) is 136 Å². The number of para-hydroxylation sites is 3. The molecule has 1 aliphatic heterocycles. The van der Waals surface area contributed by atoms with E-state index in [1.165, 1.54) is 12.1 Å². The molecule has 11 aromatic rings. The van der Waals surface area contributed by atoms with Crippen LogP contribution in [0.1, 0.15) is 91.1 Å². The minimum Gasteiger partial charge on any atom is -0.509 e. The Hall–Kier alpha value is -7.40. The summed E-state index contributed by atoms with van der Waals surface area (Å²) in [5.41, 5.74) is 3.75. The Morgan fingerprint density at radius 3 is 1.97 bits per heavy atom.